The van der Waals surface area contributed by atoms with Crippen molar-refractivity contribution in [3.8, 4) is 5.88 Å². The zero-order valence-corrected chi connectivity index (χ0v) is 9.93. The number of nitrogens with two attached hydrogens (primary N) is 1. The molecule has 17 heavy (non-hydrogen) atoms. The Hall–Kier alpha value is -1.98. The molecule has 0 aromatic carbocycles. The first-order valence-electron chi connectivity index (χ1n) is 5.44. The number of nitrogens with zero attached hydrogens (tertiary/aromatic N) is 2. The average Bonchev–Trinajstić information content (AvgIpc) is 2.64. The standard InChI is InChI=1S/C11H16N4O2/c1-15-6-5-8(11(15)16)13-10-7(12)3-4-9(14-10)17-2/h3-4,8H,5-6,12H2,1-2H3,(H,13,14). The molecule has 6 nitrogen and oxygen atoms in total. The summed E-state index contributed by atoms with van der Waals surface area (Å²) in [4.78, 5) is 17.6. The smallest absolute Gasteiger partial charge is 0.244 e. The zero-order valence-electron chi connectivity index (χ0n) is 9.93. The molecule has 1 aliphatic heterocycles. The second-order valence-corrected chi connectivity index (χ2v) is 4.04. The number of likely N-dealkylation sites (tertiary alicyclic amines) is 1. The molecular weight excluding hydrogens is 220 g/mol. The Labute approximate surface area is 99.8 Å². The maximum Gasteiger partial charge on any atom is 0.244 e. The summed E-state index contributed by atoms with van der Waals surface area (Å²) in [5.74, 6) is 1.03. The fourth-order valence-corrected chi connectivity index (χ4v) is 1.80. The minimum atomic E-state index is -0.248. The number of ether oxygens (including phenoxy) is 1. The van der Waals surface area contributed by atoms with Gasteiger partial charge in [0.2, 0.25) is 11.8 Å². The van der Waals surface area contributed by atoms with Crippen LogP contribution in [0.15, 0.2) is 12.1 Å². The Morgan fingerprint density at radius 3 is 2.94 bits per heavy atom. The largest absolute Gasteiger partial charge is 0.481 e. The fourth-order valence-electron chi connectivity index (χ4n) is 1.80. The van der Waals surface area contributed by atoms with E-state index in [0.29, 0.717) is 17.4 Å². The Morgan fingerprint density at radius 2 is 2.35 bits per heavy atom. The third kappa shape index (κ3) is 2.25. The van der Waals surface area contributed by atoms with Crippen LogP contribution in [-0.2, 0) is 4.79 Å². The van der Waals surface area contributed by atoms with Crippen molar-refractivity contribution in [3.63, 3.8) is 0 Å². The van der Waals surface area contributed by atoms with E-state index in [2.05, 4.69) is 10.3 Å². The highest BCUT2D eigenvalue weighted by Gasteiger charge is 2.29. The molecule has 6 heteroatoms. The molecule has 1 amide bonds. The summed E-state index contributed by atoms with van der Waals surface area (Å²) < 4.78 is 5.02. The first kappa shape index (κ1) is 11.5. The molecule has 1 unspecified atom stereocenters. The van der Waals surface area contributed by atoms with Crippen molar-refractivity contribution in [2.24, 2.45) is 0 Å². The number of likely N-dealkylation sites (N-methyl/N-ethyl adjacent to an activating group) is 1. The van der Waals surface area contributed by atoms with Crippen LogP contribution in [0.3, 0.4) is 0 Å². The van der Waals surface area contributed by atoms with Crippen LogP contribution < -0.4 is 15.8 Å². The van der Waals surface area contributed by atoms with Crippen molar-refractivity contribution >= 4 is 17.4 Å². The molecule has 2 rings (SSSR count). The number of amides is 1. The predicted molar refractivity (Wildman–Crippen MR) is 64.9 cm³/mol. The van der Waals surface area contributed by atoms with Gasteiger partial charge in [0.25, 0.3) is 0 Å². The van der Waals surface area contributed by atoms with Gasteiger partial charge in [-0.1, -0.05) is 0 Å². The molecule has 1 aliphatic rings. The van der Waals surface area contributed by atoms with Gasteiger partial charge in [0.1, 0.15) is 6.04 Å². The van der Waals surface area contributed by atoms with Gasteiger partial charge in [0, 0.05) is 19.7 Å². The number of anilines is 2. The highest BCUT2D eigenvalue weighted by Crippen LogP contribution is 2.22. The summed E-state index contributed by atoms with van der Waals surface area (Å²) in [6, 6.07) is 3.14. The van der Waals surface area contributed by atoms with Crippen LogP contribution in [-0.4, -0.2) is 42.5 Å². The minimum absolute atomic E-state index is 0.0639. The van der Waals surface area contributed by atoms with E-state index in [1.165, 1.54) is 7.11 Å². The quantitative estimate of drug-likeness (QED) is 0.789. The lowest BCUT2D eigenvalue weighted by molar-refractivity contribution is -0.127. The summed E-state index contributed by atoms with van der Waals surface area (Å²) in [6.45, 7) is 0.750. The second kappa shape index (κ2) is 4.48. The lowest BCUT2D eigenvalue weighted by Crippen LogP contribution is -2.31. The topological polar surface area (TPSA) is 80.5 Å². The minimum Gasteiger partial charge on any atom is -0.481 e. The van der Waals surface area contributed by atoms with Gasteiger partial charge in [-0.25, -0.2) is 0 Å². The van der Waals surface area contributed by atoms with Crippen LogP contribution in [0.2, 0.25) is 0 Å². The summed E-state index contributed by atoms with van der Waals surface area (Å²) in [5.41, 5.74) is 6.30. The summed E-state index contributed by atoms with van der Waals surface area (Å²) in [5, 5.41) is 3.06. The molecule has 2 heterocycles. The normalized spacial score (nSPS) is 19.5. The van der Waals surface area contributed by atoms with Gasteiger partial charge in [-0.05, 0) is 12.5 Å². The van der Waals surface area contributed by atoms with Crippen LogP contribution in [0.25, 0.3) is 0 Å². The molecular formula is C11H16N4O2. The summed E-state index contributed by atoms with van der Waals surface area (Å²) >= 11 is 0. The number of hydrogen-bond acceptors (Lipinski definition) is 5. The molecule has 1 aromatic rings. The van der Waals surface area contributed by atoms with Gasteiger partial charge in [0.15, 0.2) is 5.82 Å². The van der Waals surface area contributed by atoms with E-state index in [9.17, 15) is 4.79 Å². The molecule has 1 aromatic heterocycles. The van der Waals surface area contributed by atoms with Crippen molar-refractivity contribution in [1.29, 1.82) is 0 Å². The van der Waals surface area contributed by atoms with E-state index in [1.807, 2.05) is 0 Å². The van der Waals surface area contributed by atoms with E-state index in [1.54, 1.807) is 24.1 Å². The SMILES string of the molecule is COc1ccc(N)c(NC2CCN(C)C2=O)n1. The van der Waals surface area contributed by atoms with E-state index in [0.717, 1.165) is 13.0 Å². The second-order valence-electron chi connectivity index (χ2n) is 4.04. The third-order valence-corrected chi connectivity index (χ3v) is 2.85. The first-order valence-corrected chi connectivity index (χ1v) is 5.44. The molecule has 1 saturated heterocycles. The maximum atomic E-state index is 11.7. The van der Waals surface area contributed by atoms with Crippen molar-refractivity contribution in [1.82, 2.24) is 9.88 Å². The van der Waals surface area contributed by atoms with Crippen molar-refractivity contribution in [3.05, 3.63) is 12.1 Å². The number of methoxy groups -OCH3 is 1. The molecule has 0 radical (unpaired) electrons. The Morgan fingerprint density at radius 1 is 1.59 bits per heavy atom. The number of nitrogens with one attached hydrogen (secondary N) is 1. The monoisotopic (exact) mass is 236 g/mol. The Balaban J connectivity index is 2.15. The maximum absolute atomic E-state index is 11.7. The van der Waals surface area contributed by atoms with E-state index < -0.39 is 0 Å². The van der Waals surface area contributed by atoms with Gasteiger partial charge in [-0.3, -0.25) is 4.79 Å². The van der Waals surface area contributed by atoms with Gasteiger partial charge in [-0.2, -0.15) is 4.98 Å². The number of carbonyl (C=O) groups excluding carboxylic acids is 1. The van der Waals surface area contributed by atoms with Crippen LogP contribution in [0.4, 0.5) is 11.5 Å². The van der Waals surface area contributed by atoms with Gasteiger partial charge < -0.3 is 20.7 Å². The molecule has 0 saturated carbocycles. The van der Waals surface area contributed by atoms with E-state index in [-0.39, 0.29) is 11.9 Å². The zero-order chi connectivity index (χ0) is 12.4. The van der Waals surface area contributed by atoms with Gasteiger partial charge in [-0.15, -0.1) is 0 Å². The Kier molecular flexibility index (Phi) is 3.03. The highest BCUT2D eigenvalue weighted by atomic mass is 16.5. The predicted octanol–water partition coefficient (Wildman–Crippen LogP) is 0.315. The number of hydrogen-bond donors (Lipinski definition) is 2. The van der Waals surface area contributed by atoms with Crippen molar-refractivity contribution in [2.45, 2.75) is 12.5 Å². The molecule has 0 aliphatic carbocycles. The number of pyridine rings is 1. The molecule has 92 valence electrons. The first-order chi connectivity index (χ1) is 8.11. The number of nitrogen functional groups attached to an aromatic ring is 1. The van der Waals surface area contributed by atoms with Gasteiger partial charge in [0.05, 0.1) is 12.8 Å². The van der Waals surface area contributed by atoms with Crippen LogP contribution in [0.5, 0.6) is 5.88 Å². The highest BCUT2D eigenvalue weighted by molar-refractivity contribution is 5.87. The van der Waals surface area contributed by atoms with E-state index >= 15 is 0 Å². The molecule has 1 atom stereocenters. The van der Waals surface area contributed by atoms with Crippen molar-refractivity contribution < 1.29 is 9.53 Å². The molecule has 1 fully saturated rings. The third-order valence-electron chi connectivity index (χ3n) is 2.85. The summed E-state index contributed by atoms with van der Waals surface area (Å²) in [7, 11) is 3.32. The van der Waals surface area contributed by atoms with Crippen LogP contribution in [0, 0.1) is 0 Å². The number of carbonyl (C=O) groups is 1. The number of rotatable bonds is 3. The number of aromatic nitrogens is 1. The Bertz CT molecular complexity index is 435. The van der Waals surface area contributed by atoms with Crippen molar-refractivity contribution in [2.75, 3.05) is 31.8 Å². The van der Waals surface area contributed by atoms with Crippen LogP contribution >= 0.6 is 0 Å². The molecule has 3 N–H and O–H groups in total. The lowest BCUT2D eigenvalue weighted by Gasteiger charge is -2.14. The fraction of sp³-hybridized carbons (Fsp3) is 0.455. The van der Waals surface area contributed by atoms with Crippen LogP contribution in [0.1, 0.15) is 6.42 Å². The molecule has 0 bridgehead atoms. The summed E-state index contributed by atoms with van der Waals surface area (Å²) in [6.07, 6.45) is 0.758. The molecule has 0 spiro atoms. The van der Waals surface area contributed by atoms with Gasteiger partial charge >= 0.3 is 0 Å². The average molecular weight is 236 g/mol. The lowest BCUT2D eigenvalue weighted by atomic mass is 10.2. The van der Waals surface area contributed by atoms with E-state index in [4.69, 9.17) is 10.5 Å².